The quantitative estimate of drug-likeness (QED) is 0.791. The monoisotopic (exact) mass is 234 g/mol. The number of hydrogen-bond acceptors (Lipinski definition) is 4. The van der Waals surface area contributed by atoms with E-state index < -0.39 is 0 Å². The van der Waals surface area contributed by atoms with Crippen molar-refractivity contribution in [2.24, 2.45) is 0 Å². The average molecular weight is 234 g/mol. The lowest BCUT2D eigenvalue weighted by atomic mass is 10.1. The molecule has 0 saturated carbocycles. The molecule has 0 spiro atoms. The second-order valence-electron chi connectivity index (χ2n) is 4.59. The molecular weight excluding hydrogens is 216 g/mol. The van der Waals surface area contributed by atoms with E-state index in [-0.39, 0.29) is 5.75 Å². The largest absolute Gasteiger partial charge is 0.507 e. The number of aromatic hydroxyl groups is 1. The summed E-state index contributed by atoms with van der Waals surface area (Å²) in [5.41, 5.74) is 1.45. The Morgan fingerprint density at radius 2 is 2.00 bits per heavy atom. The molecule has 2 rings (SSSR count). The molecular formula is C13H18N2O2. The molecule has 4 heteroatoms. The van der Waals surface area contributed by atoms with Crippen molar-refractivity contribution in [2.45, 2.75) is 6.54 Å². The van der Waals surface area contributed by atoms with Crippen LogP contribution in [0.4, 0.5) is 0 Å². The summed E-state index contributed by atoms with van der Waals surface area (Å²) in [6.07, 6.45) is 0.697. The number of phenols is 1. The summed E-state index contributed by atoms with van der Waals surface area (Å²) in [4.78, 5) is 15.4. The maximum absolute atomic E-state index is 10.7. The lowest BCUT2D eigenvalue weighted by Crippen LogP contribution is -2.43. The van der Waals surface area contributed by atoms with Crippen LogP contribution in [-0.4, -0.2) is 54.4 Å². The molecule has 0 bridgehead atoms. The van der Waals surface area contributed by atoms with Gasteiger partial charge in [0.15, 0.2) is 6.29 Å². The molecule has 1 aromatic carbocycles. The fourth-order valence-corrected chi connectivity index (χ4v) is 2.06. The Morgan fingerprint density at radius 1 is 1.29 bits per heavy atom. The van der Waals surface area contributed by atoms with E-state index in [9.17, 15) is 9.90 Å². The number of likely N-dealkylation sites (N-methyl/N-ethyl adjacent to an activating group) is 1. The van der Waals surface area contributed by atoms with Gasteiger partial charge >= 0.3 is 0 Å². The summed E-state index contributed by atoms with van der Waals surface area (Å²) < 4.78 is 0. The van der Waals surface area contributed by atoms with Gasteiger partial charge in [-0.1, -0.05) is 6.07 Å². The first-order valence-corrected chi connectivity index (χ1v) is 5.87. The van der Waals surface area contributed by atoms with Crippen molar-refractivity contribution in [3.63, 3.8) is 0 Å². The summed E-state index contributed by atoms with van der Waals surface area (Å²) in [6, 6.07) is 5.23. The van der Waals surface area contributed by atoms with Crippen molar-refractivity contribution < 1.29 is 9.90 Å². The van der Waals surface area contributed by atoms with Gasteiger partial charge < -0.3 is 10.0 Å². The minimum atomic E-state index is 0.0575. The Bertz CT molecular complexity index is 398. The zero-order valence-electron chi connectivity index (χ0n) is 10.1. The van der Waals surface area contributed by atoms with Crippen LogP contribution in [0.25, 0.3) is 0 Å². The zero-order chi connectivity index (χ0) is 12.3. The number of nitrogens with zero attached hydrogens (tertiary/aromatic N) is 2. The molecule has 0 radical (unpaired) electrons. The Balaban J connectivity index is 2.01. The number of benzene rings is 1. The highest BCUT2D eigenvalue weighted by Crippen LogP contribution is 2.18. The minimum Gasteiger partial charge on any atom is -0.507 e. The van der Waals surface area contributed by atoms with Crippen molar-refractivity contribution in [3.8, 4) is 5.75 Å². The van der Waals surface area contributed by atoms with Crippen LogP contribution in [0.1, 0.15) is 15.9 Å². The van der Waals surface area contributed by atoms with Crippen molar-refractivity contribution in [1.82, 2.24) is 9.80 Å². The van der Waals surface area contributed by atoms with Crippen LogP contribution in [0, 0.1) is 0 Å². The van der Waals surface area contributed by atoms with E-state index in [1.165, 1.54) is 0 Å². The van der Waals surface area contributed by atoms with E-state index in [1.807, 2.05) is 6.07 Å². The molecule has 1 heterocycles. The Kier molecular flexibility index (Phi) is 3.76. The summed E-state index contributed by atoms with van der Waals surface area (Å²) >= 11 is 0. The van der Waals surface area contributed by atoms with E-state index in [2.05, 4.69) is 16.8 Å². The molecule has 0 unspecified atom stereocenters. The SMILES string of the molecule is CN1CCN(Cc2ccc(O)c(C=O)c2)CC1. The topological polar surface area (TPSA) is 43.8 Å². The van der Waals surface area contributed by atoms with Crippen molar-refractivity contribution >= 4 is 6.29 Å². The van der Waals surface area contributed by atoms with E-state index in [0.29, 0.717) is 11.8 Å². The molecule has 0 aliphatic carbocycles. The zero-order valence-corrected chi connectivity index (χ0v) is 10.1. The third kappa shape index (κ3) is 3.05. The highest BCUT2D eigenvalue weighted by Gasteiger charge is 2.14. The fraction of sp³-hybridized carbons (Fsp3) is 0.462. The van der Waals surface area contributed by atoms with Crippen LogP contribution in [0.3, 0.4) is 0 Å². The Labute approximate surface area is 101 Å². The normalized spacial score (nSPS) is 18.2. The predicted octanol–water partition coefficient (Wildman–Crippen LogP) is 0.952. The number of piperazine rings is 1. The number of carbonyl (C=O) groups excluding carboxylic acids is 1. The molecule has 1 fully saturated rings. The van der Waals surface area contributed by atoms with Gasteiger partial charge in [-0.3, -0.25) is 9.69 Å². The van der Waals surface area contributed by atoms with Gasteiger partial charge in [0.2, 0.25) is 0 Å². The first-order valence-electron chi connectivity index (χ1n) is 5.87. The summed E-state index contributed by atoms with van der Waals surface area (Å²) in [5.74, 6) is 0.0575. The first kappa shape index (κ1) is 12.1. The third-order valence-corrected chi connectivity index (χ3v) is 3.22. The van der Waals surface area contributed by atoms with E-state index >= 15 is 0 Å². The highest BCUT2D eigenvalue weighted by molar-refractivity contribution is 5.79. The van der Waals surface area contributed by atoms with Gasteiger partial charge in [-0.15, -0.1) is 0 Å². The molecule has 0 atom stereocenters. The molecule has 1 saturated heterocycles. The number of rotatable bonds is 3. The summed E-state index contributed by atoms with van der Waals surface area (Å²) in [6.45, 7) is 5.10. The predicted molar refractivity (Wildman–Crippen MR) is 66.3 cm³/mol. The molecule has 17 heavy (non-hydrogen) atoms. The van der Waals surface area contributed by atoms with Crippen LogP contribution in [0.5, 0.6) is 5.75 Å². The van der Waals surface area contributed by atoms with Gasteiger partial charge in [0.05, 0.1) is 5.56 Å². The summed E-state index contributed by atoms with van der Waals surface area (Å²) in [5, 5.41) is 9.42. The van der Waals surface area contributed by atoms with E-state index in [0.717, 1.165) is 38.3 Å². The third-order valence-electron chi connectivity index (χ3n) is 3.22. The van der Waals surface area contributed by atoms with Gasteiger partial charge in [-0.25, -0.2) is 0 Å². The molecule has 1 aromatic rings. The second-order valence-corrected chi connectivity index (χ2v) is 4.59. The van der Waals surface area contributed by atoms with Gasteiger partial charge in [0.1, 0.15) is 5.75 Å². The molecule has 0 amide bonds. The van der Waals surface area contributed by atoms with Crippen LogP contribution in [0.15, 0.2) is 18.2 Å². The van der Waals surface area contributed by atoms with Crippen LogP contribution < -0.4 is 0 Å². The van der Waals surface area contributed by atoms with Crippen LogP contribution in [0.2, 0.25) is 0 Å². The van der Waals surface area contributed by atoms with Crippen molar-refractivity contribution in [2.75, 3.05) is 33.2 Å². The van der Waals surface area contributed by atoms with Crippen LogP contribution >= 0.6 is 0 Å². The van der Waals surface area contributed by atoms with Crippen molar-refractivity contribution in [3.05, 3.63) is 29.3 Å². The number of aldehydes is 1. The van der Waals surface area contributed by atoms with Gasteiger partial charge in [-0.2, -0.15) is 0 Å². The van der Waals surface area contributed by atoms with Crippen molar-refractivity contribution in [1.29, 1.82) is 0 Å². The van der Waals surface area contributed by atoms with E-state index in [4.69, 9.17) is 0 Å². The number of phenolic OH excluding ortho intramolecular Hbond substituents is 1. The molecule has 4 nitrogen and oxygen atoms in total. The highest BCUT2D eigenvalue weighted by atomic mass is 16.3. The average Bonchev–Trinajstić information content (AvgIpc) is 2.34. The number of carbonyl (C=O) groups is 1. The molecule has 1 aliphatic rings. The number of hydrogen-bond donors (Lipinski definition) is 1. The Morgan fingerprint density at radius 3 is 2.65 bits per heavy atom. The lowest BCUT2D eigenvalue weighted by Gasteiger charge is -2.32. The first-order chi connectivity index (χ1) is 8.19. The Hall–Kier alpha value is -1.39. The summed E-state index contributed by atoms with van der Waals surface area (Å²) in [7, 11) is 2.13. The van der Waals surface area contributed by atoms with Gasteiger partial charge in [0.25, 0.3) is 0 Å². The molecule has 0 aromatic heterocycles. The van der Waals surface area contributed by atoms with E-state index in [1.54, 1.807) is 12.1 Å². The minimum absolute atomic E-state index is 0.0575. The standard InChI is InChI=1S/C13H18N2O2/c1-14-4-6-15(7-5-14)9-11-2-3-13(17)12(8-11)10-16/h2-3,8,10,17H,4-7,9H2,1H3. The maximum Gasteiger partial charge on any atom is 0.153 e. The van der Waals surface area contributed by atoms with Gasteiger partial charge in [0, 0.05) is 32.7 Å². The fourth-order valence-electron chi connectivity index (χ4n) is 2.06. The smallest absolute Gasteiger partial charge is 0.153 e. The van der Waals surface area contributed by atoms with Crippen LogP contribution in [-0.2, 0) is 6.54 Å². The van der Waals surface area contributed by atoms with Gasteiger partial charge in [-0.05, 0) is 24.7 Å². The molecule has 92 valence electrons. The second kappa shape index (κ2) is 5.29. The molecule has 1 N–H and O–H groups in total. The molecule has 1 aliphatic heterocycles. The lowest BCUT2D eigenvalue weighted by molar-refractivity contribution is 0.112. The maximum atomic E-state index is 10.7.